The van der Waals surface area contributed by atoms with Gasteiger partial charge in [-0.15, -0.1) is 0 Å². The molecule has 1 atom stereocenters. The SMILES string of the molecule is CC1(C)c2ccccc2Oc2cccc(-c3ccc4c(c3)C(C)(c3ccccc3)c3ccc5ccccc5c3-4)c21. The Morgan fingerprint density at radius 2 is 1.27 bits per heavy atom. The third kappa shape index (κ3) is 3.04. The van der Waals surface area contributed by atoms with E-state index in [1.165, 1.54) is 60.8 Å². The zero-order chi connectivity index (χ0) is 27.1. The van der Waals surface area contributed by atoms with Gasteiger partial charge in [0.25, 0.3) is 0 Å². The molecule has 6 aromatic rings. The molecule has 0 radical (unpaired) electrons. The predicted octanol–water partition coefficient (Wildman–Crippen LogP) is 10.3. The lowest BCUT2D eigenvalue weighted by molar-refractivity contribution is 0.419. The molecule has 0 saturated carbocycles. The maximum Gasteiger partial charge on any atom is 0.132 e. The van der Waals surface area contributed by atoms with Crippen LogP contribution in [0, 0.1) is 0 Å². The summed E-state index contributed by atoms with van der Waals surface area (Å²) >= 11 is 0. The molecule has 0 amide bonds. The van der Waals surface area contributed by atoms with Gasteiger partial charge in [-0.2, -0.15) is 0 Å². The Morgan fingerprint density at radius 1 is 0.525 bits per heavy atom. The van der Waals surface area contributed by atoms with E-state index in [1.807, 2.05) is 0 Å². The number of fused-ring (bicyclic) bond motifs is 7. The summed E-state index contributed by atoms with van der Waals surface area (Å²) in [6, 6.07) is 46.5. The summed E-state index contributed by atoms with van der Waals surface area (Å²) in [5.74, 6) is 1.90. The molecule has 1 aliphatic carbocycles. The largest absolute Gasteiger partial charge is 0.457 e. The average Bonchev–Trinajstić information content (AvgIpc) is 3.26. The van der Waals surface area contributed by atoms with Crippen LogP contribution in [-0.4, -0.2) is 0 Å². The molecular formula is C39H30O. The highest BCUT2D eigenvalue weighted by Gasteiger charge is 2.42. The fourth-order valence-electron chi connectivity index (χ4n) is 7.38. The van der Waals surface area contributed by atoms with Crippen LogP contribution in [0.1, 0.15) is 48.6 Å². The Balaban J connectivity index is 1.40. The first-order chi connectivity index (χ1) is 19.5. The van der Waals surface area contributed by atoms with Crippen molar-refractivity contribution in [1.82, 2.24) is 0 Å². The summed E-state index contributed by atoms with van der Waals surface area (Å²) in [6.45, 7) is 7.04. The number of ether oxygens (including phenoxy) is 1. The maximum atomic E-state index is 6.48. The van der Waals surface area contributed by atoms with Crippen LogP contribution in [0.2, 0.25) is 0 Å². The first kappa shape index (κ1) is 23.3. The van der Waals surface area contributed by atoms with Crippen LogP contribution in [-0.2, 0) is 10.8 Å². The van der Waals surface area contributed by atoms with Gasteiger partial charge in [-0.05, 0) is 74.8 Å². The van der Waals surface area contributed by atoms with Crippen LogP contribution in [0.4, 0.5) is 0 Å². The molecule has 1 nitrogen and oxygen atoms in total. The normalized spacial score (nSPS) is 17.9. The Kier molecular flexibility index (Phi) is 4.77. The minimum absolute atomic E-state index is 0.193. The molecule has 1 heteroatoms. The molecule has 0 saturated heterocycles. The average molecular weight is 515 g/mol. The third-order valence-electron chi connectivity index (χ3n) is 9.39. The van der Waals surface area contributed by atoms with Crippen molar-refractivity contribution in [2.45, 2.75) is 31.6 Å². The number of hydrogen-bond donors (Lipinski definition) is 0. The zero-order valence-electron chi connectivity index (χ0n) is 23.0. The summed E-state index contributed by atoms with van der Waals surface area (Å²) in [6.07, 6.45) is 0. The first-order valence-electron chi connectivity index (χ1n) is 14.1. The van der Waals surface area contributed by atoms with Crippen molar-refractivity contribution < 1.29 is 4.74 Å². The number of hydrogen-bond acceptors (Lipinski definition) is 1. The second kappa shape index (κ2) is 8.19. The highest BCUT2D eigenvalue weighted by atomic mass is 16.5. The second-order valence-corrected chi connectivity index (χ2v) is 11.9. The predicted molar refractivity (Wildman–Crippen MR) is 165 cm³/mol. The minimum Gasteiger partial charge on any atom is -0.457 e. The summed E-state index contributed by atoms with van der Waals surface area (Å²) in [4.78, 5) is 0. The van der Waals surface area contributed by atoms with Crippen LogP contribution in [0.25, 0.3) is 33.0 Å². The van der Waals surface area contributed by atoms with Gasteiger partial charge in [0.1, 0.15) is 11.5 Å². The van der Waals surface area contributed by atoms with Crippen molar-refractivity contribution in [1.29, 1.82) is 0 Å². The molecule has 6 aromatic carbocycles. The Morgan fingerprint density at radius 3 is 2.15 bits per heavy atom. The van der Waals surface area contributed by atoms with Crippen LogP contribution in [0.15, 0.2) is 127 Å². The molecule has 0 fully saturated rings. The van der Waals surface area contributed by atoms with Gasteiger partial charge in [0.15, 0.2) is 0 Å². The van der Waals surface area contributed by atoms with Crippen LogP contribution in [0.3, 0.4) is 0 Å². The molecule has 0 aromatic heterocycles. The fraction of sp³-hybridized carbons (Fsp3) is 0.128. The Bertz CT molecular complexity index is 1960. The minimum atomic E-state index is -0.264. The van der Waals surface area contributed by atoms with E-state index in [4.69, 9.17) is 4.74 Å². The molecular weight excluding hydrogens is 484 g/mol. The van der Waals surface area contributed by atoms with Crippen LogP contribution in [0.5, 0.6) is 11.5 Å². The Labute approximate surface area is 235 Å². The van der Waals surface area contributed by atoms with Crippen molar-refractivity contribution in [3.05, 3.63) is 155 Å². The molecule has 1 unspecified atom stereocenters. The van der Waals surface area contributed by atoms with Gasteiger partial charge in [-0.3, -0.25) is 0 Å². The molecule has 0 spiro atoms. The molecule has 40 heavy (non-hydrogen) atoms. The topological polar surface area (TPSA) is 9.23 Å². The van der Waals surface area contributed by atoms with E-state index in [-0.39, 0.29) is 10.8 Å². The lowest BCUT2D eigenvalue weighted by Crippen LogP contribution is -2.25. The lowest BCUT2D eigenvalue weighted by atomic mass is 9.71. The first-order valence-corrected chi connectivity index (χ1v) is 14.1. The van der Waals surface area contributed by atoms with Crippen LogP contribution >= 0.6 is 0 Å². The van der Waals surface area contributed by atoms with Gasteiger partial charge in [0.2, 0.25) is 0 Å². The number of rotatable bonds is 2. The highest BCUT2D eigenvalue weighted by molar-refractivity contribution is 6.03. The summed E-state index contributed by atoms with van der Waals surface area (Å²) in [5.41, 5.74) is 11.2. The van der Waals surface area contributed by atoms with E-state index in [9.17, 15) is 0 Å². The van der Waals surface area contributed by atoms with Crippen LogP contribution < -0.4 is 4.74 Å². The maximum absolute atomic E-state index is 6.48. The van der Waals surface area contributed by atoms with Gasteiger partial charge in [0, 0.05) is 22.0 Å². The third-order valence-corrected chi connectivity index (χ3v) is 9.39. The number of para-hydroxylation sites is 1. The summed E-state index contributed by atoms with van der Waals surface area (Å²) in [7, 11) is 0. The van der Waals surface area contributed by atoms with Crippen molar-refractivity contribution in [3.63, 3.8) is 0 Å². The second-order valence-electron chi connectivity index (χ2n) is 11.9. The Hall–Kier alpha value is -4.62. The standard InChI is InChI=1S/C39H30O/c1-38(2)31-17-9-10-18-34(31)40-35-19-11-16-29(37(35)38)26-20-22-30-33(24-26)39(3,27-13-5-4-6-14-27)32-23-21-25-12-7-8-15-28(25)36(30)32/h4-24H,1-3H3. The van der Waals surface area contributed by atoms with E-state index in [0.29, 0.717) is 0 Å². The molecule has 0 N–H and O–H groups in total. The molecule has 2 aliphatic rings. The summed E-state index contributed by atoms with van der Waals surface area (Å²) < 4.78 is 6.48. The quantitative estimate of drug-likeness (QED) is 0.223. The van der Waals surface area contributed by atoms with Gasteiger partial charge < -0.3 is 4.74 Å². The van der Waals surface area contributed by atoms with Gasteiger partial charge in [0.05, 0.1) is 0 Å². The van der Waals surface area contributed by atoms with Crippen molar-refractivity contribution in [2.24, 2.45) is 0 Å². The van der Waals surface area contributed by atoms with Crippen molar-refractivity contribution in [3.8, 4) is 33.8 Å². The van der Waals surface area contributed by atoms with Gasteiger partial charge >= 0.3 is 0 Å². The van der Waals surface area contributed by atoms with E-state index in [1.54, 1.807) is 0 Å². The van der Waals surface area contributed by atoms with Gasteiger partial charge in [-0.1, -0.05) is 123 Å². The summed E-state index contributed by atoms with van der Waals surface area (Å²) in [5, 5.41) is 2.60. The number of benzene rings is 6. The zero-order valence-corrected chi connectivity index (χ0v) is 23.0. The van der Waals surface area contributed by atoms with E-state index in [2.05, 4.69) is 148 Å². The highest BCUT2D eigenvalue weighted by Crippen LogP contribution is 2.56. The molecule has 192 valence electrons. The van der Waals surface area contributed by atoms with E-state index >= 15 is 0 Å². The molecule has 8 rings (SSSR count). The smallest absolute Gasteiger partial charge is 0.132 e. The van der Waals surface area contributed by atoms with E-state index in [0.717, 1.165) is 11.5 Å². The molecule has 1 aliphatic heterocycles. The monoisotopic (exact) mass is 514 g/mol. The lowest BCUT2D eigenvalue weighted by Gasteiger charge is -2.36. The fourth-order valence-corrected chi connectivity index (χ4v) is 7.38. The molecule has 0 bridgehead atoms. The van der Waals surface area contributed by atoms with E-state index < -0.39 is 0 Å². The van der Waals surface area contributed by atoms with Crippen molar-refractivity contribution in [2.75, 3.05) is 0 Å². The van der Waals surface area contributed by atoms with Crippen molar-refractivity contribution >= 4 is 10.8 Å². The van der Waals surface area contributed by atoms with Gasteiger partial charge in [-0.25, -0.2) is 0 Å². The molecule has 1 heterocycles.